The summed E-state index contributed by atoms with van der Waals surface area (Å²) >= 11 is 0. The molecule has 3 aromatic carbocycles. The van der Waals surface area contributed by atoms with Gasteiger partial charge in [-0.25, -0.2) is 4.79 Å². The molecule has 1 heterocycles. The molecule has 3 aromatic rings. The van der Waals surface area contributed by atoms with E-state index in [4.69, 9.17) is 15.0 Å². The van der Waals surface area contributed by atoms with Crippen LogP contribution in [0.3, 0.4) is 0 Å². The SMILES string of the molecule is N=C1C(C(c2ccccc2)c2ccccc2)OC(=O)N1OCc1ccccc1. The molecule has 5 nitrogen and oxygen atoms in total. The van der Waals surface area contributed by atoms with Crippen LogP contribution in [0.4, 0.5) is 4.79 Å². The van der Waals surface area contributed by atoms with Crippen molar-refractivity contribution >= 4 is 11.9 Å². The first-order chi connectivity index (χ1) is 13.7. The first kappa shape index (κ1) is 17.9. The molecule has 1 fully saturated rings. The summed E-state index contributed by atoms with van der Waals surface area (Å²) in [6.07, 6.45) is -1.42. The minimum atomic E-state index is -0.756. The molecular formula is C23H20N2O3. The Bertz CT molecular complexity index is 906. The van der Waals surface area contributed by atoms with Gasteiger partial charge in [-0.3, -0.25) is 10.2 Å². The van der Waals surface area contributed by atoms with Gasteiger partial charge >= 0.3 is 6.09 Å². The van der Waals surface area contributed by atoms with E-state index >= 15 is 0 Å². The number of cyclic esters (lactones) is 1. The van der Waals surface area contributed by atoms with Gasteiger partial charge in [-0.2, -0.15) is 0 Å². The number of amidine groups is 1. The quantitative estimate of drug-likeness (QED) is 0.679. The minimum Gasteiger partial charge on any atom is -0.435 e. The molecule has 1 saturated heterocycles. The molecule has 28 heavy (non-hydrogen) atoms. The lowest BCUT2D eigenvalue weighted by atomic mass is 9.86. The zero-order chi connectivity index (χ0) is 19.3. The first-order valence-electron chi connectivity index (χ1n) is 9.10. The fraction of sp³-hybridized carbons (Fsp3) is 0.130. The number of hydrogen-bond acceptors (Lipinski definition) is 4. The topological polar surface area (TPSA) is 62.6 Å². The summed E-state index contributed by atoms with van der Waals surface area (Å²) in [6, 6.07) is 29.1. The Balaban J connectivity index is 1.59. The van der Waals surface area contributed by atoms with Crippen molar-refractivity contribution in [1.82, 2.24) is 5.06 Å². The largest absolute Gasteiger partial charge is 0.440 e. The lowest BCUT2D eigenvalue weighted by molar-refractivity contribution is -0.0781. The number of amides is 1. The van der Waals surface area contributed by atoms with Gasteiger partial charge in [0.05, 0.1) is 5.92 Å². The van der Waals surface area contributed by atoms with E-state index in [1.54, 1.807) is 0 Å². The van der Waals surface area contributed by atoms with Gasteiger partial charge in [0.25, 0.3) is 0 Å². The molecular weight excluding hydrogens is 352 g/mol. The Hall–Kier alpha value is -3.44. The number of hydrogen-bond donors (Lipinski definition) is 1. The van der Waals surface area contributed by atoms with Crippen LogP contribution in [0.25, 0.3) is 0 Å². The standard InChI is InChI=1S/C23H20N2O3/c24-22-21(28-23(26)25(22)27-16-17-10-4-1-5-11-17)20(18-12-6-2-7-13-18)19-14-8-3-9-15-19/h1-15,20-21,24H,16H2. The molecule has 0 saturated carbocycles. The van der Waals surface area contributed by atoms with Gasteiger partial charge in [0.2, 0.25) is 0 Å². The second kappa shape index (κ2) is 8.06. The number of nitrogens with zero attached hydrogens (tertiary/aromatic N) is 1. The van der Waals surface area contributed by atoms with Crippen LogP contribution in [-0.2, 0) is 16.2 Å². The molecule has 4 rings (SSSR count). The van der Waals surface area contributed by atoms with Gasteiger partial charge in [0, 0.05) is 0 Å². The third-order valence-corrected chi connectivity index (χ3v) is 4.71. The third kappa shape index (κ3) is 3.66. The van der Waals surface area contributed by atoms with Crippen molar-refractivity contribution in [2.75, 3.05) is 0 Å². The van der Waals surface area contributed by atoms with Gasteiger partial charge in [-0.05, 0) is 16.7 Å². The minimum absolute atomic E-state index is 0.00126. The summed E-state index contributed by atoms with van der Waals surface area (Å²) in [7, 11) is 0. The molecule has 1 amide bonds. The fourth-order valence-corrected chi connectivity index (χ4v) is 3.35. The monoisotopic (exact) mass is 372 g/mol. The number of carbonyl (C=O) groups is 1. The molecule has 1 N–H and O–H groups in total. The zero-order valence-electron chi connectivity index (χ0n) is 15.2. The maximum Gasteiger partial charge on any atom is 0.440 e. The van der Waals surface area contributed by atoms with E-state index in [1.807, 2.05) is 91.0 Å². The maximum atomic E-state index is 12.4. The molecule has 0 radical (unpaired) electrons. The highest BCUT2D eigenvalue weighted by Gasteiger charge is 2.44. The molecule has 0 spiro atoms. The maximum absolute atomic E-state index is 12.4. The molecule has 0 aliphatic carbocycles. The summed E-state index contributed by atoms with van der Waals surface area (Å²) < 4.78 is 5.58. The van der Waals surface area contributed by atoms with E-state index in [0.29, 0.717) is 0 Å². The second-order valence-electron chi connectivity index (χ2n) is 6.54. The normalized spacial score (nSPS) is 16.5. The Morgan fingerprint density at radius 3 is 1.89 bits per heavy atom. The van der Waals surface area contributed by atoms with Gasteiger partial charge in [0.1, 0.15) is 6.61 Å². The highest BCUT2D eigenvalue weighted by molar-refractivity contribution is 6.01. The van der Waals surface area contributed by atoms with Crippen molar-refractivity contribution in [2.24, 2.45) is 0 Å². The van der Waals surface area contributed by atoms with Crippen LogP contribution in [0.15, 0.2) is 91.0 Å². The highest BCUT2D eigenvalue weighted by atomic mass is 16.7. The van der Waals surface area contributed by atoms with Crippen LogP contribution in [0, 0.1) is 5.41 Å². The summed E-state index contributed by atoms with van der Waals surface area (Å²) in [4.78, 5) is 18.0. The predicted octanol–water partition coefficient (Wildman–Crippen LogP) is 4.75. The van der Waals surface area contributed by atoms with Crippen LogP contribution in [0.5, 0.6) is 0 Å². The fourth-order valence-electron chi connectivity index (χ4n) is 3.35. The number of hydroxylamine groups is 2. The second-order valence-corrected chi connectivity index (χ2v) is 6.54. The van der Waals surface area contributed by atoms with Crippen molar-refractivity contribution in [1.29, 1.82) is 5.41 Å². The predicted molar refractivity (Wildman–Crippen MR) is 106 cm³/mol. The summed E-state index contributed by atoms with van der Waals surface area (Å²) in [5, 5.41) is 9.50. The number of carbonyl (C=O) groups excluding carboxylic acids is 1. The van der Waals surface area contributed by atoms with E-state index in [9.17, 15) is 4.79 Å². The molecule has 0 bridgehead atoms. The number of nitrogens with one attached hydrogen (secondary N) is 1. The van der Waals surface area contributed by atoms with E-state index < -0.39 is 12.2 Å². The molecule has 5 heteroatoms. The van der Waals surface area contributed by atoms with E-state index in [-0.39, 0.29) is 18.4 Å². The molecule has 1 aliphatic rings. The highest BCUT2D eigenvalue weighted by Crippen LogP contribution is 2.34. The van der Waals surface area contributed by atoms with Crippen LogP contribution < -0.4 is 0 Å². The average Bonchev–Trinajstić information content (AvgIpc) is 3.02. The Morgan fingerprint density at radius 1 is 0.857 bits per heavy atom. The van der Waals surface area contributed by atoms with Crippen LogP contribution in [0.1, 0.15) is 22.6 Å². The van der Waals surface area contributed by atoms with E-state index in [2.05, 4.69) is 0 Å². The molecule has 1 atom stereocenters. The van der Waals surface area contributed by atoms with Crippen LogP contribution in [0.2, 0.25) is 0 Å². The Kier molecular flexibility index (Phi) is 5.17. The van der Waals surface area contributed by atoms with Crippen molar-refractivity contribution in [3.63, 3.8) is 0 Å². The molecule has 0 aromatic heterocycles. The van der Waals surface area contributed by atoms with Gasteiger partial charge < -0.3 is 4.74 Å². The van der Waals surface area contributed by atoms with Crippen molar-refractivity contribution in [3.05, 3.63) is 108 Å². The first-order valence-corrected chi connectivity index (χ1v) is 9.10. The molecule has 140 valence electrons. The smallest absolute Gasteiger partial charge is 0.435 e. The third-order valence-electron chi connectivity index (χ3n) is 4.71. The van der Waals surface area contributed by atoms with Crippen molar-refractivity contribution in [3.8, 4) is 0 Å². The summed E-state index contributed by atoms with van der Waals surface area (Å²) in [6.45, 7) is 0.187. The number of ether oxygens (including phenoxy) is 1. The Labute approximate surface area is 163 Å². The lowest BCUT2D eigenvalue weighted by Gasteiger charge is -2.23. The van der Waals surface area contributed by atoms with Crippen LogP contribution >= 0.6 is 0 Å². The van der Waals surface area contributed by atoms with Gasteiger partial charge in [0.15, 0.2) is 11.9 Å². The van der Waals surface area contributed by atoms with Crippen LogP contribution in [-0.4, -0.2) is 23.1 Å². The molecule has 1 aliphatic heterocycles. The number of benzene rings is 3. The zero-order valence-corrected chi connectivity index (χ0v) is 15.2. The summed E-state index contributed by atoms with van der Waals surface area (Å²) in [5.74, 6) is -0.289. The molecule has 1 unspecified atom stereocenters. The van der Waals surface area contributed by atoms with Crippen molar-refractivity contribution in [2.45, 2.75) is 18.6 Å². The van der Waals surface area contributed by atoms with Gasteiger partial charge in [-0.15, -0.1) is 5.06 Å². The lowest BCUT2D eigenvalue weighted by Crippen LogP contribution is -2.33. The number of rotatable bonds is 6. The van der Waals surface area contributed by atoms with E-state index in [1.165, 1.54) is 0 Å². The summed E-state index contributed by atoms with van der Waals surface area (Å²) in [5.41, 5.74) is 2.86. The van der Waals surface area contributed by atoms with Gasteiger partial charge in [-0.1, -0.05) is 91.0 Å². The average molecular weight is 372 g/mol. The Morgan fingerprint density at radius 2 is 1.36 bits per heavy atom. The van der Waals surface area contributed by atoms with E-state index in [0.717, 1.165) is 21.8 Å². The van der Waals surface area contributed by atoms with Crippen molar-refractivity contribution < 1.29 is 14.4 Å².